The molecule has 2 heterocycles. The van der Waals surface area contributed by atoms with E-state index in [1.807, 2.05) is 6.07 Å². The molecule has 1 fully saturated rings. The van der Waals surface area contributed by atoms with E-state index in [1.54, 1.807) is 24.3 Å². The molecular formula is C12H12N2O4S. The molecule has 0 aliphatic carbocycles. The number of amidine groups is 1. The zero-order valence-electron chi connectivity index (χ0n) is 9.94. The molecule has 1 aromatic carbocycles. The standard InChI is InChI=1S/C12H12N2O4S/c15-11(8-4-2-1-3-5-8)14-12-13-9-6-19(16,17)7-10(9)18-12/h1-5,9-10H,6-7H2,(H,13,14,15)/t9-,10-/m1/s1. The first-order valence-electron chi connectivity index (χ1n) is 5.85. The van der Waals surface area contributed by atoms with Crippen LogP contribution in [0.25, 0.3) is 0 Å². The van der Waals surface area contributed by atoms with Crippen LogP contribution in [0.5, 0.6) is 0 Å². The van der Waals surface area contributed by atoms with E-state index in [0.717, 1.165) is 0 Å². The number of nitrogens with one attached hydrogen (secondary N) is 1. The fourth-order valence-corrected chi connectivity index (χ4v) is 3.91. The van der Waals surface area contributed by atoms with Gasteiger partial charge in [-0.1, -0.05) is 18.2 Å². The second kappa shape index (κ2) is 4.34. The molecule has 0 spiro atoms. The number of sulfone groups is 1. The summed E-state index contributed by atoms with van der Waals surface area (Å²) in [6.07, 6.45) is -0.462. The quantitative estimate of drug-likeness (QED) is 0.782. The van der Waals surface area contributed by atoms with Gasteiger partial charge in [-0.15, -0.1) is 0 Å². The van der Waals surface area contributed by atoms with E-state index in [9.17, 15) is 13.2 Å². The lowest BCUT2D eigenvalue weighted by Gasteiger charge is -2.08. The number of carbonyl (C=O) groups excluding carboxylic acids is 1. The third kappa shape index (κ3) is 2.46. The SMILES string of the molecule is O=C(NC1=N[C@@H]2CS(=O)(=O)C[C@H]2O1)c1ccccc1. The number of aliphatic imine (C=N–C) groups is 1. The van der Waals surface area contributed by atoms with Gasteiger partial charge < -0.3 is 4.74 Å². The molecule has 100 valence electrons. The van der Waals surface area contributed by atoms with Crippen LogP contribution in [0, 0.1) is 0 Å². The summed E-state index contributed by atoms with van der Waals surface area (Å²) >= 11 is 0. The van der Waals surface area contributed by atoms with Crippen molar-refractivity contribution in [2.24, 2.45) is 4.99 Å². The topological polar surface area (TPSA) is 84.8 Å². The summed E-state index contributed by atoms with van der Waals surface area (Å²) in [5, 5.41) is 2.55. The fourth-order valence-electron chi connectivity index (χ4n) is 2.17. The van der Waals surface area contributed by atoms with Crippen molar-refractivity contribution >= 4 is 21.8 Å². The maximum Gasteiger partial charge on any atom is 0.292 e. The lowest BCUT2D eigenvalue weighted by molar-refractivity contribution is 0.0963. The second-order valence-corrected chi connectivity index (χ2v) is 6.71. The molecule has 2 aliphatic rings. The van der Waals surface area contributed by atoms with Gasteiger partial charge in [0.1, 0.15) is 12.1 Å². The van der Waals surface area contributed by atoms with E-state index < -0.39 is 22.0 Å². The highest BCUT2D eigenvalue weighted by Gasteiger charge is 2.44. The predicted octanol–water partition coefficient (Wildman–Crippen LogP) is -0.0318. The molecule has 1 aromatic rings. The maximum atomic E-state index is 11.9. The van der Waals surface area contributed by atoms with Gasteiger partial charge in [0.05, 0.1) is 11.5 Å². The van der Waals surface area contributed by atoms with Crippen molar-refractivity contribution in [2.45, 2.75) is 12.1 Å². The van der Waals surface area contributed by atoms with Gasteiger partial charge in [0.2, 0.25) is 0 Å². The Balaban J connectivity index is 1.69. The minimum Gasteiger partial charge on any atom is -0.458 e. The van der Waals surface area contributed by atoms with Crippen LogP contribution in [0.2, 0.25) is 0 Å². The zero-order valence-corrected chi connectivity index (χ0v) is 10.8. The lowest BCUT2D eigenvalue weighted by atomic mass is 10.2. The number of hydrogen-bond donors (Lipinski definition) is 1. The van der Waals surface area contributed by atoms with Crippen LogP contribution in [0.3, 0.4) is 0 Å². The highest BCUT2D eigenvalue weighted by atomic mass is 32.2. The summed E-state index contributed by atoms with van der Waals surface area (Å²) in [7, 11) is -3.05. The second-order valence-electron chi connectivity index (χ2n) is 4.55. The fraction of sp³-hybridized carbons (Fsp3) is 0.333. The number of fused-ring (bicyclic) bond motifs is 1. The van der Waals surface area contributed by atoms with Gasteiger partial charge in [0, 0.05) is 5.56 Å². The number of rotatable bonds is 1. The van der Waals surface area contributed by atoms with Crippen LogP contribution in [-0.4, -0.2) is 44.0 Å². The molecular weight excluding hydrogens is 268 g/mol. The third-order valence-corrected chi connectivity index (χ3v) is 4.76. The molecule has 0 saturated carbocycles. The number of hydrogen-bond acceptors (Lipinski definition) is 5. The van der Waals surface area contributed by atoms with Gasteiger partial charge in [-0.2, -0.15) is 0 Å². The molecule has 0 bridgehead atoms. The monoisotopic (exact) mass is 280 g/mol. The van der Waals surface area contributed by atoms with Crippen LogP contribution in [0.15, 0.2) is 35.3 Å². The Morgan fingerprint density at radius 3 is 2.68 bits per heavy atom. The number of nitrogens with zero attached hydrogens (tertiary/aromatic N) is 1. The Hall–Kier alpha value is -1.89. The summed E-state index contributed by atoms with van der Waals surface area (Å²) in [6.45, 7) is 0. The molecule has 1 amide bonds. The highest BCUT2D eigenvalue weighted by Crippen LogP contribution is 2.23. The molecule has 6 nitrogen and oxygen atoms in total. The Kier molecular flexibility index (Phi) is 2.78. The van der Waals surface area contributed by atoms with Crippen molar-refractivity contribution < 1.29 is 17.9 Å². The molecule has 2 atom stereocenters. The average Bonchev–Trinajstić information content (AvgIpc) is 2.82. The van der Waals surface area contributed by atoms with Crippen molar-refractivity contribution in [3.8, 4) is 0 Å². The molecule has 3 rings (SSSR count). The number of ether oxygens (including phenoxy) is 1. The highest BCUT2D eigenvalue weighted by molar-refractivity contribution is 7.91. The van der Waals surface area contributed by atoms with Crippen LogP contribution < -0.4 is 5.32 Å². The van der Waals surface area contributed by atoms with E-state index in [-0.39, 0.29) is 23.4 Å². The average molecular weight is 280 g/mol. The Bertz CT molecular complexity index is 639. The molecule has 0 aromatic heterocycles. The van der Waals surface area contributed by atoms with E-state index in [0.29, 0.717) is 5.56 Å². The van der Waals surface area contributed by atoms with Gasteiger partial charge in [-0.05, 0) is 12.1 Å². The summed E-state index contributed by atoms with van der Waals surface area (Å²) in [5.41, 5.74) is 0.499. The number of carbonyl (C=O) groups is 1. The van der Waals surface area contributed by atoms with Gasteiger partial charge in [-0.3, -0.25) is 10.1 Å². The zero-order chi connectivity index (χ0) is 13.5. The minimum atomic E-state index is -3.05. The summed E-state index contributed by atoms with van der Waals surface area (Å²) in [6, 6.07) is 8.40. The Morgan fingerprint density at radius 2 is 2.00 bits per heavy atom. The van der Waals surface area contributed by atoms with Crippen LogP contribution >= 0.6 is 0 Å². The molecule has 0 unspecified atom stereocenters. The van der Waals surface area contributed by atoms with Gasteiger partial charge in [0.25, 0.3) is 11.9 Å². The molecule has 19 heavy (non-hydrogen) atoms. The largest absolute Gasteiger partial charge is 0.458 e. The van der Waals surface area contributed by atoms with Gasteiger partial charge in [-0.25, -0.2) is 13.4 Å². The summed E-state index contributed by atoms with van der Waals surface area (Å²) in [5.74, 6) is -0.365. The van der Waals surface area contributed by atoms with Crippen molar-refractivity contribution in [3.05, 3.63) is 35.9 Å². The summed E-state index contributed by atoms with van der Waals surface area (Å²) < 4.78 is 28.1. The first-order chi connectivity index (χ1) is 9.03. The van der Waals surface area contributed by atoms with Crippen LogP contribution in [0.1, 0.15) is 10.4 Å². The van der Waals surface area contributed by atoms with Crippen molar-refractivity contribution in [1.82, 2.24) is 5.32 Å². The molecule has 1 saturated heterocycles. The number of benzene rings is 1. The lowest BCUT2D eigenvalue weighted by Crippen LogP contribution is -2.32. The normalized spacial score (nSPS) is 27.3. The first kappa shape index (κ1) is 12.2. The van der Waals surface area contributed by atoms with E-state index in [1.165, 1.54) is 0 Å². The van der Waals surface area contributed by atoms with Gasteiger partial charge >= 0.3 is 0 Å². The van der Waals surface area contributed by atoms with Crippen LogP contribution in [-0.2, 0) is 14.6 Å². The summed E-state index contributed by atoms with van der Waals surface area (Å²) in [4.78, 5) is 16.0. The minimum absolute atomic E-state index is 0.0115. The first-order valence-corrected chi connectivity index (χ1v) is 7.67. The molecule has 7 heteroatoms. The third-order valence-electron chi connectivity index (χ3n) is 3.07. The van der Waals surface area contributed by atoms with Crippen molar-refractivity contribution in [1.29, 1.82) is 0 Å². The van der Waals surface area contributed by atoms with E-state index in [2.05, 4.69) is 10.3 Å². The van der Waals surface area contributed by atoms with E-state index in [4.69, 9.17) is 4.74 Å². The van der Waals surface area contributed by atoms with Crippen molar-refractivity contribution in [3.63, 3.8) is 0 Å². The van der Waals surface area contributed by atoms with E-state index >= 15 is 0 Å². The predicted molar refractivity (Wildman–Crippen MR) is 68.7 cm³/mol. The van der Waals surface area contributed by atoms with Crippen molar-refractivity contribution in [2.75, 3.05) is 11.5 Å². The number of amides is 1. The molecule has 0 radical (unpaired) electrons. The molecule has 1 N–H and O–H groups in total. The Morgan fingerprint density at radius 1 is 1.26 bits per heavy atom. The Labute approximate surface area is 110 Å². The van der Waals surface area contributed by atoms with Gasteiger partial charge in [0.15, 0.2) is 9.84 Å². The maximum absolute atomic E-state index is 11.9. The smallest absolute Gasteiger partial charge is 0.292 e. The van der Waals surface area contributed by atoms with Crippen LogP contribution in [0.4, 0.5) is 0 Å². The molecule has 2 aliphatic heterocycles.